The molecule has 10 heteroatoms. The number of anilines is 1. The van der Waals surface area contributed by atoms with Crippen molar-refractivity contribution in [2.75, 3.05) is 19.0 Å². The number of aromatic nitrogens is 3. The number of hydrogen-bond acceptors (Lipinski definition) is 6. The highest BCUT2D eigenvalue weighted by Crippen LogP contribution is 2.33. The minimum Gasteiger partial charge on any atom is -0.461 e. The lowest BCUT2D eigenvalue weighted by molar-refractivity contribution is 0.0518. The molecule has 184 valence electrons. The first-order chi connectivity index (χ1) is 17.4. The molecule has 0 bridgehead atoms. The molecule has 0 aliphatic rings. The number of nitrogens with one attached hydrogen (secondary N) is 1. The number of methoxy groups -OCH3 is 1. The van der Waals surface area contributed by atoms with Gasteiger partial charge < -0.3 is 14.8 Å². The van der Waals surface area contributed by atoms with E-state index < -0.39 is 11.9 Å². The Morgan fingerprint density at radius 3 is 2.50 bits per heavy atom. The van der Waals surface area contributed by atoms with Crippen LogP contribution in [0.2, 0.25) is 10.0 Å². The number of pyridine rings is 1. The van der Waals surface area contributed by atoms with E-state index in [-0.39, 0.29) is 28.7 Å². The SMILES string of the molecule is CCOC(=O)c1cc(NC(=O)c2cc(-c3cccc(COC)n3)c(Cl)cc2Cl)n(-c2ccccc2)n1. The highest BCUT2D eigenvalue weighted by atomic mass is 35.5. The van der Waals surface area contributed by atoms with Crippen LogP contribution in [0.3, 0.4) is 0 Å². The van der Waals surface area contributed by atoms with Crippen molar-refractivity contribution in [3.8, 4) is 16.9 Å². The molecule has 2 aromatic heterocycles. The molecule has 0 aliphatic carbocycles. The van der Waals surface area contributed by atoms with E-state index in [4.69, 9.17) is 32.7 Å². The second-order valence-corrected chi connectivity index (χ2v) is 8.41. The monoisotopic (exact) mass is 524 g/mol. The predicted octanol–water partition coefficient (Wildman–Crippen LogP) is 5.82. The molecule has 36 heavy (non-hydrogen) atoms. The lowest BCUT2D eigenvalue weighted by Gasteiger charge is -2.12. The number of esters is 1. The lowest BCUT2D eigenvalue weighted by atomic mass is 10.1. The smallest absolute Gasteiger partial charge is 0.358 e. The van der Waals surface area contributed by atoms with Crippen LogP contribution in [0.5, 0.6) is 0 Å². The number of carbonyl (C=O) groups excluding carboxylic acids is 2. The fourth-order valence-corrected chi connectivity index (χ4v) is 4.07. The van der Waals surface area contributed by atoms with E-state index in [1.807, 2.05) is 30.3 Å². The summed E-state index contributed by atoms with van der Waals surface area (Å²) in [5.41, 5.74) is 2.69. The summed E-state index contributed by atoms with van der Waals surface area (Å²) in [5, 5.41) is 7.63. The van der Waals surface area contributed by atoms with Gasteiger partial charge in [0.2, 0.25) is 0 Å². The summed E-state index contributed by atoms with van der Waals surface area (Å²) in [6, 6.07) is 19.0. The van der Waals surface area contributed by atoms with Gasteiger partial charge in [0, 0.05) is 18.7 Å². The van der Waals surface area contributed by atoms with E-state index >= 15 is 0 Å². The zero-order valence-corrected chi connectivity index (χ0v) is 21.0. The molecule has 1 N–H and O–H groups in total. The van der Waals surface area contributed by atoms with Gasteiger partial charge in [-0.05, 0) is 43.3 Å². The van der Waals surface area contributed by atoms with Crippen molar-refractivity contribution in [3.05, 3.63) is 93.7 Å². The predicted molar refractivity (Wildman–Crippen MR) is 138 cm³/mol. The summed E-state index contributed by atoms with van der Waals surface area (Å²) in [6.45, 7) is 2.23. The molecular weight excluding hydrogens is 503 g/mol. The van der Waals surface area contributed by atoms with E-state index in [9.17, 15) is 9.59 Å². The quantitative estimate of drug-likeness (QED) is 0.292. The molecule has 0 saturated heterocycles. The van der Waals surface area contributed by atoms with Crippen molar-refractivity contribution in [2.45, 2.75) is 13.5 Å². The average molecular weight is 525 g/mol. The van der Waals surface area contributed by atoms with Crippen LogP contribution in [0.4, 0.5) is 5.82 Å². The zero-order valence-electron chi connectivity index (χ0n) is 19.5. The fraction of sp³-hybridized carbons (Fsp3) is 0.154. The van der Waals surface area contributed by atoms with Gasteiger partial charge >= 0.3 is 5.97 Å². The highest BCUT2D eigenvalue weighted by molar-refractivity contribution is 6.38. The molecular formula is C26H22Cl2N4O4. The van der Waals surface area contributed by atoms with Crippen LogP contribution < -0.4 is 5.32 Å². The third-order valence-corrected chi connectivity index (χ3v) is 5.74. The van der Waals surface area contributed by atoms with Crippen LogP contribution in [0, 0.1) is 0 Å². The van der Waals surface area contributed by atoms with E-state index in [1.54, 1.807) is 38.3 Å². The van der Waals surface area contributed by atoms with Crippen LogP contribution >= 0.6 is 23.2 Å². The first kappa shape index (κ1) is 25.4. The molecule has 0 fully saturated rings. The van der Waals surface area contributed by atoms with Crippen molar-refractivity contribution in [2.24, 2.45) is 0 Å². The van der Waals surface area contributed by atoms with Crippen molar-refractivity contribution < 1.29 is 19.1 Å². The topological polar surface area (TPSA) is 95.3 Å². The van der Waals surface area contributed by atoms with Gasteiger partial charge in [0.1, 0.15) is 5.82 Å². The minimum atomic E-state index is -0.600. The largest absolute Gasteiger partial charge is 0.461 e. The third kappa shape index (κ3) is 5.57. The van der Waals surface area contributed by atoms with Crippen LogP contribution in [0.25, 0.3) is 16.9 Å². The number of para-hydroxylation sites is 1. The van der Waals surface area contributed by atoms with Crippen molar-refractivity contribution >= 4 is 40.9 Å². The van der Waals surface area contributed by atoms with E-state index in [2.05, 4.69) is 15.4 Å². The minimum absolute atomic E-state index is 0.0538. The van der Waals surface area contributed by atoms with E-state index in [1.165, 1.54) is 16.8 Å². The van der Waals surface area contributed by atoms with Gasteiger partial charge in [0.05, 0.1) is 45.9 Å². The van der Waals surface area contributed by atoms with Crippen LogP contribution in [-0.4, -0.2) is 40.4 Å². The maximum atomic E-state index is 13.4. The second-order valence-electron chi connectivity index (χ2n) is 7.60. The summed E-state index contributed by atoms with van der Waals surface area (Å²) in [5.74, 6) is -0.850. The molecule has 0 atom stereocenters. The molecule has 8 nitrogen and oxygen atoms in total. The molecule has 4 aromatic rings. The van der Waals surface area contributed by atoms with Crippen LogP contribution in [0.1, 0.15) is 33.5 Å². The summed E-state index contributed by atoms with van der Waals surface area (Å²) in [4.78, 5) is 30.2. The Balaban J connectivity index is 1.71. The first-order valence-corrected chi connectivity index (χ1v) is 11.7. The number of amides is 1. The van der Waals surface area contributed by atoms with E-state index in [0.717, 1.165) is 0 Å². The Hall–Kier alpha value is -3.72. The normalized spacial score (nSPS) is 10.8. The molecule has 4 rings (SSSR count). The van der Waals surface area contributed by atoms with Crippen molar-refractivity contribution in [1.29, 1.82) is 0 Å². The average Bonchev–Trinajstić information content (AvgIpc) is 3.29. The molecule has 0 radical (unpaired) electrons. The van der Waals surface area contributed by atoms with Crippen LogP contribution in [-0.2, 0) is 16.1 Å². The standard InChI is InChI=1S/C26H22Cl2N4O4/c1-3-36-26(34)23-14-24(32(31-23)17-9-5-4-6-10-17)30-25(33)19-12-18(20(27)13-21(19)28)22-11-7-8-16(29-22)15-35-2/h4-14H,3,15H2,1-2H3,(H,30,33). The maximum Gasteiger partial charge on any atom is 0.358 e. The van der Waals surface area contributed by atoms with Gasteiger partial charge in [0.15, 0.2) is 5.69 Å². The number of nitrogens with zero attached hydrogens (tertiary/aromatic N) is 3. The van der Waals surface area contributed by atoms with Gasteiger partial charge in [-0.25, -0.2) is 9.48 Å². The number of benzene rings is 2. The molecule has 0 unspecified atom stereocenters. The molecule has 0 saturated carbocycles. The Morgan fingerprint density at radius 1 is 1.00 bits per heavy atom. The molecule has 0 aliphatic heterocycles. The number of carbonyl (C=O) groups is 2. The molecule has 1 amide bonds. The van der Waals surface area contributed by atoms with Gasteiger partial charge in [-0.1, -0.05) is 47.5 Å². The Morgan fingerprint density at radius 2 is 1.78 bits per heavy atom. The van der Waals surface area contributed by atoms with Gasteiger partial charge in [-0.2, -0.15) is 5.10 Å². The van der Waals surface area contributed by atoms with Gasteiger partial charge in [-0.3, -0.25) is 9.78 Å². The summed E-state index contributed by atoms with van der Waals surface area (Å²) < 4.78 is 11.7. The van der Waals surface area contributed by atoms with Gasteiger partial charge in [-0.15, -0.1) is 0 Å². The van der Waals surface area contributed by atoms with Crippen LogP contribution in [0.15, 0.2) is 66.7 Å². The Kier molecular flexibility index (Phi) is 8.00. The third-order valence-electron chi connectivity index (χ3n) is 5.11. The first-order valence-electron chi connectivity index (χ1n) is 11.0. The van der Waals surface area contributed by atoms with Gasteiger partial charge in [0.25, 0.3) is 5.91 Å². The second kappa shape index (κ2) is 11.3. The summed E-state index contributed by atoms with van der Waals surface area (Å²) >= 11 is 12.9. The number of hydrogen-bond donors (Lipinski definition) is 1. The number of rotatable bonds is 8. The Bertz CT molecular complexity index is 1410. The fourth-order valence-electron chi connectivity index (χ4n) is 3.50. The Labute approximate surface area is 217 Å². The molecule has 2 aromatic carbocycles. The summed E-state index contributed by atoms with van der Waals surface area (Å²) in [7, 11) is 1.58. The van der Waals surface area contributed by atoms with E-state index in [0.29, 0.717) is 34.3 Å². The highest BCUT2D eigenvalue weighted by Gasteiger charge is 2.21. The maximum absolute atomic E-state index is 13.4. The zero-order chi connectivity index (χ0) is 25.7. The number of ether oxygens (including phenoxy) is 2. The lowest BCUT2D eigenvalue weighted by Crippen LogP contribution is -2.16. The van der Waals surface area contributed by atoms with Crippen molar-refractivity contribution in [1.82, 2.24) is 14.8 Å². The molecule has 0 spiro atoms. The van der Waals surface area contributed by atoms with Crippen molar-refractivity contribution in [3.63, 3.8) is 0 Å². The summed E-state index contributed by atoms with van der Waals surface area (Å²) in [6.07, 6.45) is 0. The number of halogens is 2. The molecule has 2 heterocycles.